The minimum Gasteiger partial charge on any atom is -0.497 e. The van der Waals surface area contributed by atoms with Gasteiger partial charge in [0.25, 0.3) is 0 Å². The van der Waals surface area contributed by atoms with Crippen molar-refractivity contribution in [3.63, 3.8) is 0 Å². The molecule has 0 aliphatic carbocycles. The van der Waals surface area contributed by atoms with Crippen LogP contribution in [-0.2, 0) is 4.79 Å². The summed E-state index contributed by atoms with van der Waals surface area (Å²) in [7, 11) is 1.39. The highest BCUT2D eigenvalue weighted by molar-refractivity contribution is 6.10. The number of ether oxygens (including phenoxy) is 1. The van der Waals surface area contributed by atoms with E-state index in [9.17, 15) is 27.2 Å². The van der Waals surface area contributed by atoms with Crippen LogP contribution >= 0.6 is 0 Å². The molecule has 1 rings (SSSR count). The number of methoxy groups -OCH3 is 1. The number of carbonyl (C=O) groups excluding carboxylic acids is 2. The first-order chi connectivity index (χ1) is 8.78. The summed E-state index contributed by atoms with van der Waals surface area (Å²) in [5.74, 6) is -7.42. The van der Waals surface area contributed by atoms with Gasteiger partial charge in [0.1, 0.15) is 5.75 Å². The number of hydrogen-bond donors (Lipinski definition) is 0. The van der Waals surface area contributed by atoms with E-state index in [0.29, 0.717) is 5.75 Å². The summed E-state index contributed by atoms with van der Waals surface area (Å²) in [6.07, 6.45) is -5.40. The van der Waals surface area contributed by atoms with Crippen molar-refractivity contribution in [2.45, 2.75) is 18.8 Å². The van der Waals surface area contributed by atoms with Crippen LogP contribution in [-0.4, -0.2) is 31.0 Å². The molecule has 3 nitrogen and oxygen atoms in total. The maximum absolute atomic E-state index is 12.7. The van der Waals surface area contributed by atoms with E-state index in [4.69, 9.17) is 4.74 Å². The second-order valence-electron chi connectivity index (χ2n) is 3.68. The average Bonchev–Trinajstić information content (AvgIpc) is 2.38. The van der Waals surface area contributed by atoms with Crippen LogP contribution in [0.1, 0.15) is 16.8 Å². The first kappa shape index (κ1) is 15.1. The van der Waals surface area contributed by atoms with E-state index in [-0.39, 0.29) is 5.56 Å². The Balaban J connectivity index is 2.77. The first-order valence-electron chi connectivity index (χ1n) is 5.15. The SMILES string of the molecule is COc1ccc(C(=O)CC(=O)C(F)(F)C(F)F)cc1. The van der Waals surface area contributed by atoms with Gasteiger partial charge in [-0.1, -0.05) is 0 Å². The fourth-order valence-electron chi connectivity index (χ4n) is 1.26. The van der Waals surface area contributed by atoms with Gasteiger partial charge in [0.05, 0.1) is 13.5 Å². The minimum atomic E-state index is -4.80. The van der Waals surface area contributed by atoms with Crippen molar-refractivity contribution < 1.29 is 31.9 Å². The molecule has 0 saturated carbocycles. The molecule has 0 fully saturated rings. The summed E-state index contributed by atoms with van der Waals surface area (Å²) in [6, 6.07) is 5.30. The summed E-state index contributed by atoms with van der Waals surface area (Å²) in [5, 5.41) is 0. The van der Waals surface area contributed by atoms with Crippen molar-refractivity contribution >= 4 is 11.6 Å². The molecule has 1 aromatic rings. The highest BCUT2D eigenvalue weighted by Crippen LogP contribution is 2.26. The minimum absolute atomic E-state index is 0.0285. The molecule has 0 heterocycles. The van der Waals surface area contributed by atoms with E-state index in [0.717, 1.165) is 0 Å². The van der Waals surface area contributed by atoms with Crippen molar-refractivity contribution in [3.05, 3.63) is 29.8 Å². The molecule has 19 heavy (non-hydrogen) atoms. The van der Waals surface area contributed by atoms with Crippen molar-refractivity contribution in [1.29, 1.82) is 0 Å². The summed E-state index contributed by atoms with van der Waals surface area (Å²) in [4.78, 5) is 22.4. The number of ketones is 2. The van der Waals surface area contributed by atoms with Gasteiger partial charge >= 0.3 is 12.3 Å². The molecule has 0 unspecified atom stereocenters. The van der Waals surface area contributed by atoms with E-state index >= 15 is 0 Å². The third-order valence-corrected chi connectivity index (χ3v) is 2.38. The Bertz CT molecular complexity index is 468. The van der Waals surface area contributed by atoms with Gasteiger partial charge in [-0.2, -0.15) is 8.78 Å². The molecule has 0 N–H and O–H groups in total. The van der Waals surface area contributed by atoms with E-state index in [1.54, 1.807) is 0 Å². The second-order valence-corrected chi connectivity index (χ2v) is 3.68. The van der Waals surface area contributed by atoms with Gasteiger partial charge in [-0.15, -0.1) is 0 Å². The summed E-state index contributed by atoms with van der Waals surface area (Å²) < 4.78 is 54.0. The number of Topliss-reactive ketones (excluding diaryl/α,β-unsaturated/α-hetero) is 2. The third kappa shape index (κ3) is 3.52. The molecule has 0 atom stereocenters. The normalized spacial score (nSPS) is 11.5. The molecule has 0 amide bonds. The van der Waals surface area contributed by atoms with Gasteiger partial charge in [-0.25, -0.2) is 8.78 Å². The Kier molecular flexibility index (Phi) is 4.63. The van der Waals surface area contributed by atoms with Crippen molar-refractivity contribution in [3.8, 4) is 5.75 Å². The Labute approximate surface area is 106 Å². The highest BCUT2D eigenvalue weighted by Gasteiger charge is 2.48. The Morgan fingerprint density at radius 2 is 1.74 bits per heavy atom. The lowest BCUT2D eigenvalue weighted by Crippen LogP contribution is -2.37. The largest absolute Gasteiger partial charge is 0.497 e. The molecular formula is C12H10F4O3. The topological polar surface area (TPSA) is 43.4 Å². The number of hydrogen-bond acceptors (Lipinski definition) is 3. The maximum atomic E-state index is 12.7. The zero-order chi connectivity index (χ0) is 14.6. The Morgan fingerprint density at radius 3 is 2.16 bits per heavy atom. The molecule has 104 valence electrons. The molecule has 0 aliphatic heterocycles. The van der Waals surface area contributed by atoms with Crippen LogP contribution in [0.25, 0.3) is 0 Å². The predicted octanol–water partition coefficient (Wildman–Crippen LogP) is 2.74. The quantitative estimate of drug-likeness (QED) is 0.456. The number of alkyl halides is 4. The van der Waals surface area contributed by atoms with Crippen LogP contribution in [0.5, 0.6) is 5.75 Å². The van der Waals surface area contributed by atoms with Gasteiger partial charge in [-0.05, 0) is 24.3 Å². The third-order valence-electron chi connectivity index (χ3n) is 2.38. The molecule has 0 radical (unpaired) electrons. The number of halogens is 4. The molecule has 1 aromatic carbocycles. The van der Waals surface area contributed by atoms with E-state index in [2.05, 4.69) is 0 Å². The standard InChI is InChI=1S/C12H10F4O3/c1-19-8-4-2-7(3-5-8)9(17)6-10(18)12(15,16)11(13)14/h2-5,11H,6H2,1H3. The first-order valence-corrected chi connectivity index (χ1v) is 5.15. The highest BCUT2D eigenvalue weighted by atomic mass is 19.3. The Morgan fingerprint density at radius 1 is 1.21 bits per heavy atom. The van der Waals surface area contributed by atoms with Crippen LogP contribution in [0.2, 0.25) is 0 Å². The second kappa shape index (κ2) is 5.81. The van der Waals surface area contributed by atoms with Crippen LogP contribution in [0.4, 0.5) is 17.6 Å². The van der Waals surface area contributed by atoms with Crippen molar-refractivity contribution in [2.24, 2.45) is 0 Å². The summed E-state index contributed by atoms with van der Waals surface area (Å²) in [6.45, 7) is 0. The van der Waals surface area contributed by atoms with E-state index < -0.39 is 30.3 Å². The van der Waals surface area contributed by atoms with Gasteiger partial charge in [0, 0.05) is 5.56 Å². The van der Waals surface area contributed by atoms with Crippen LogP contribution < -0.4 is 4.74 Å². The average molecular weight is 278 g/mol. The lowest BCUT2D eigenvalue weighted by atomic mass is 10.0. The van der Waals surface area contributed by atoms with Gasteiger partial charge in [0.2, 0.25) is 5.78 Å². The number of rotatable bonds is 6. The number of carbonyl (C=O) groups is 2. The zero-order valence-electron chi connectivity index (χ0n) is 9.83. The molecular weight excluding hydrogens is 268 g/mol. The molecule has 0 saturated heterocycles. The molecule has 0 spiro atoms. The predicted molar refractivity (Wildman–Crippen MR) is 57.9 cm³/mol. The fourth-order valence-corrected chi connectivity index (χ4v) is 1.26. The molecule has 7 heteroatoms. The summed E-state index contributed by atoms with van der Waals surface area (Å²) in [5.41, 5.74) is -0.0285. The van der Waals surface area contributed by atoms with E-state index in [1.165, 1.54) is 31.4 Å². The van der Waals surface area contributed by atoms with Crippen molar-refractivity contribution in [2.75, 3.05) is 7.11 Å². The fraction of sp³-hybridized carbons (Fsp3) is 0.333. The smallest absolute Gasteiger partial charge is 0.364 e. The van der Waals surface area contributed by atoms with Gasteiger partial charge in [-0.3, -0.25) is 9.59 Å². The van der Waals surface area contributed by atoms with Crippen LogP contribution in [0.15, 0.2) is 24.3 Å². The zero-order valence-corrected chi connectivity index (χ0v) is 9.83. The van der Waals surface area contributed by atoms with Crippen LogP contribution in [0.3, 0.4) is 0 Å². The monoisotopic (exact) mass is 278 g/mol. The summed E-state index contributed by atoms with van der Waals surface area (Å²) >= 11 is 0. The van der Waals surface area contributed by atoms with Gasteiger partial charge < -0.3 is 4.74 Å². The lowest BCUT2D eigenvalue weighted by Gasteiger charge is -2.13. The molecule has 0 aliphatic rings. The number of benzene rings is 1. The van der Waals surface area contributed by atoms with E-state index in [1.807, 2.05) is 0 Å². The molecule has 0 bridgehead atoms. The lowest BCUT2D eigenvalue weighted by molar-refractivity contribution is -0.166. The Hall–Kier alpha value is -1.92. The van der Waals surface area contributed by atoms with Crippen molar-refractivity contribution in [1.82, 2.24) is 0 Å². The van der Waals surface area contributed by atoms with Crippen LogP contribution in [0, 0.1) is 0 Å². The molecule has 0 aromatic heterocycles. The maximum Gasteiger partial charge on any atom is 0.364 e. The van der Waals surface area contributed by atoms with Gasteiger partial charge in [0.15, 0.2) is 5.78 Å².